The van der Waals surface area contributed by atoms with Crippen molar-refractivity contribution in [3.05, 3.63) is 42.3 Å². The fourth-order valence-electron chi connectivity index (χ4n) is 3.85. The third kappa shape index (κ3) is 7.15. The second-order valence-corrected chi connectivity index (χ2v) is 11.3. The van der Waals surface area contributed by atoms with Crippen LogP contribution in [0.15, 0.2) is 41.7 Å². The smallest absolute Gasteiger partial charge is 0.252 e. The zero-order valence-corrected chi connectivity index (χ0v) is 19.9. The van der Waals surface area contributed by atoms with Gasteiger partial charge < -0.3 is 0 Å². The van der Waals surface area contributed by atoms with Crippen LogP contribution in [0.4, 0.5) is 0 Å². The zero-order valence-electron chi connectivity index (χ0n) is 18.2. The molecular formula is C23H36N2O3S2. The van der Waals surface area contributed by atoms with Crippen LogP contribution in [0.1, 0.15) is 56.7 Å². The van der Waals surface area contributed by atoms with Crippen molar-refractivity contribution in [3.8, 4) is 0 Å². The Hall–Kier alpha value is -1.28. The first-order valence-electron chi connectivity index (χ1n) is 11.0. The minimum Gasteiger partial charge on any atom is -0.299 e. The number of ketones is 1. The van der Waals surface area contributed by atoms with Crippen molar-refractivity contribution in [1.82, 2.24) is 9.21 Å². The van der Waals surface area contributed by atoms with Crippen LogP contribution >= 0.6 is 11.3 Å². The van der Waals surface area contributed by atoms with E-state index in [1.807, 2.05) is 18.2 Å². The lowest BCUT2D eigenvalue weighted by atomic mass is 9.90. The van der Waals surface area contributed by atoms with Gasteiger partial charge in [0.1, 0.15) is 9.99 Å². The van der Waals surface area contributed by atoms with Crippen LogP contribution in [0.3, 0.4) is 0 Å². The zero-order chi connectivity index (χ0) is 22.0. The second kappa shape index (κ2) is 12.5. The number of carbonyl (C=O) groups is 1. The second-order valence-electron chi connectivity index (χ2n) is 7.95. The predicted octanol–water partition coefficient (Wildman–Crippen LogP) is 4.86. The van der Waals surface area contributed by atoms with Crippen molar-refractivity contribution in [2.45, 2.75) is 62.6 Å². The van der Waals surface area contributed by atoms with E-state index in [0.29, 0.717) is 48.9 Å². The highest BCUT2D eigenvalue weighted by molar-refractivity contribution is 7.91. The molecule has 0 bridgehead atoms. The van der Waals surface area contributed by atoms with E-state index in [1.54, 1.807) is 10.4 Å². The van der Waals surface area contributed by atoms with Gasteiger partial charge in [0.25, 0.3) is 10.0 Å². The molecule has 0 aromatic carbocycles. The lowest BCUT2D eigenvalue weighted by molar-refractivity contribution is -0.124. The molecule has 1 aliphatic heterocycles. The quantitative estimate of drug-likeness (QED) is 0.299. The molecule has 168 valence electrons. The van der Waals surface area contributed by atoms with Gasteiger partial charge in [-0.1, -0.05) is 38.3 Å². The molecule has 0 amide bonds. The molecule has 1 aliphatic rings. The Morgan fingerprint density at radius 2 is 1.83 bits per heavy atom. The van der Waals surface area contributed by atoms with E-state index >= 15 is 0 Å². The first-order chi connectivity index (χ1) is 14.4. The van der Waals surface area contributed by atoms with Crippen molar-refractivity contribution in [2.75, 3.05) is 26.2 Å². The predicted molar refractivity (Wildman–Crippen MR) is 125 cm³/mol. The number of piperidine rings is 1. The number of Topliss-reactive ketones (excluding diaryl/α,β-unsaturated/α-hetero) is 1. The molecule has 0 unspecified atom stereocenters. The Bertz CT molecular complexity index is 783. The third-order valence-electron chi connectivity index (χ3n) is 5.57. The van der Waals surface area contributed by atoms with Gasteiger partial charge in [-0.05, 0) is 31.4 Å². The lowest BCUT2D eigenvalue weighted by Gasteiger charge is -2.30. The Labute approximate surface area is 186 Å². The monoisotopic (exact) mass is 452 g/mol. The minimum absolute atomic E-state index is 0.0170. The van der Waals surface area contributed by atoms with Crippen LogP contribution < -0.4 is 0 Å². The van der Waals surface area contributed by atoms with Crippen LogP contribution in [0.5, 0.6) is 0 Å². The maximum absolute atomic E-state index is 13.1. The number of nitrogens with zero attached hydrogens (tertiary/aromatic N) is 2. The van der Waals surface area contributed by atoms with E-state index in [0.717, 1.165) is 37.2 Å². The average molecular weight is 453 g/mol. The molecule has 0 N–H and O–H groups in total. The fraction of sp³-hybridized carbons (Fsp3) is 0.609. The molecule has 7 heteroatoms. The van der Waals surface area contributed by atoms with Gasteiger partial charge in [0, 0.05) is 49.9 Å². The van der Waals surface area contributed by atoms with E-state index in [-0.39, 0.29) is 5.92 Å². The summed E-state index contributed by atoms with van der Waals surface area (Å²) in [6, 6.07) is 3.60. The number of hydrogen-bond acceptors (Lipinski definition) is 5. The molecule has 1 saturated heterocycles. The van der Waals surface area contributed by atoms with E-state index in [4.69, 9.17) is 0 Å². The third-order valence-corrected chi connectivity index (χ3v) is 9.01. The fourth-order valence-corrected chi connectivity index (χ4v) is 6.87. The Kier molecular flexibility index (Phi) is 10.4. The summed E-state index contributed by atoms with van der Waals surface area (Å²) in [5.41, 5.74) is 0. The SMILES string of the molecule is C=CCN(CC=C)Cc1ccc(S(=O)(=O)N2CCC(C(=O)CCCCCC)CC2)s1. The summed E-state index contributed by atoms with van der Waals surface area (Å²) >= 11 is 1.33. The van der Waals surface area contributed by atoms with Crippen LogP contribution in [-0.4, -0.2) is 49.6 Å². The minimum atomic E-state index is -3.49. The summed E-state index contributed by atoms with van der Waals surface area (Å²) < 4.78 is 28.1. The maximum Gasteiger partial charge on any atom is 0.252 e. The largest absolute Gasteiger partial charge is 0.299 e. The summed E-state index contributed by atoms with van der Waals surface area (Å²) in [4.78, 5) is 15.6. The molecule has 0 saturated carbocycles. The molecule has 5 nitrogen and oxygen atoms in total. The molecule has 0 radical (unpaired) electrons. The maximum atomic E-state index is 13.1. The molecule has 1 fully saturated rings. The highest BCUT2D eigenvalue weighted by atomic mass is 32.2. The van der Waals surface area contributed by atoms with Gasteiger partial charge in [0.15, 0.2) is 0 Å². The molecule has 0 atom stereocenters. The van der Waals surface area contributed by atoms with E-state index in [1.165, 1.54) is 17.8 Å². The van der Waals surface area contributed by atoms with E-state index < -0.39 is 10.0 Å². The Morgan fingerprint density at radius 1 is 1.17 bits per heavy atom. The Morgan fingerprint density at radius 3 is 2.43 bits per heavy atom. The summed E-state index contributed by atoms with van der Waals surface area (Å²) in [7, 11) is -3.49. The van der Waals surface area contributed by atoms with Crippen molar-refractivity contribution in [3.63, 3.8) is 0 Å². The average Bonchev–Trinajstić information content (AvgIpc) is 3.21. The number of sulfonamides is 1. The van der Waals surface area contributed by atoms with E-state index in [9.17, 15) is 13.2 Å². The normalized spacial score (nSPS) is 16.1. The van der Waals surface area contributed by atoms with Crippen molar-refractivity contribution in [1.29, 1.82) is 0 Å². The van der Waals surface area contributed by atoms with Crippen molar-refractivity contribution >= 4 is 27.1 Å². The molecule has 0 spiro atoms. The standard InChI is InChI=1S/C23H36N2O3S2/c1-4-7-8-9-10-22(26)20-13-17-25(18-14-20)30(27,28)23-12-11-21(29-23)19-24(15-5-2)16-6-3/h5-6,11-12,20H,2-4,7-10,13-19H2,1H3. The number of hydrogen-bond donors (Lipinski definition) is 0. The molecule has 0 aliphatic carbocycles. The number of carbonyl (C=O) groups excluding carboxylic acids is 1. The lowest BCUT2D eigenvalue weighted by Crippen LogP contribution is -2.39. The number of unbranched alkanes of at least 4 members (excludes halogenated alkanes) is 3. The molecule has 1 aromatic heterocycles. The van der Waals surface area contributed by atoms with Crippen LogP contribution in [0.25, 0.3) is 0 Å². The summed E-state index contributed by atoms with van der Waals surface area (Å²) in [6.45, 7) is 12.7. The van der Waals surface area contributed by atoms with Crippen LogP contribution in [0.2, 0.25) is 0 Å². The van der Waals surface area contributed by atoms with Crippen molar-refractivity contribution in [2.24, 2.45) is 5.92 Å². The highest BCUT2D eigenvalue weighted by Gasteiger charge is 2.32. The Balaban J connectivity index is 1.91. The first kappa shape index (κ1) is 25.0. The van der Waals surface area contributed by atoms with Crippen molar-refractivity contribution < 1.29 is 13.2 Å². The van der Waals surface area contributed by atoms with Gasteiger partial charge in [0.05, 0.1) is 0 Å². The van der Waals surface area contributed by atoms with Gasteiger partial charge in [-0.15, -0.1) is 24.5 Å². The number of rotatable bonds is 14. The molecule has 2 rings (SSSR count). The van der Waals surface area contributed by atoms with Crippen LogP contribution in [-0.2, 0) is 21.4 Å². The molecule has 30 heavy (non-hydrogen) atoms. The van der Waals surface area contributed by atoms with Gasteiger partial charge >= 0.3 is 0 Å². The number of thiophene rings is 1. The van der Waals surface area contributed by atoms with Crippen LogP contribution in [0, 0.1) is 5.92 Å². The molecule has 1 aromatic rings. The molecular weight excluding hydrogens is 416 g/mol. The highest BCUT2D eigenvalue weighted by Crippen LogP contribution is 2.30. The van der Waals surface area contributed by atoms with Gasteiger partial charge in [-0.3, -0.25) is 9.69 Å². The summed E-state index contributed by atoms with van der Waals surface area (Å²) in [5, 5.41) is 0. The van der Waals surface area contributed by atoms with Gasteiger partial charge in [0.2, 0.25) is 0 Å². The van der Waals surface area contributed by atoms with Gasteiger partial charge in [-0.2, -0.15) is 4.31 Å². The summed E-state index contributed by atoms with van der Waals surface area (Å²) in [6.07, 6.45) is 9.98. The molecule has 2 heterocycles. The summed E-state index contributed by atoms with van der Waals surface area (Å²) in [5.74, 6) is 0.328. The van der Waals surface area contributed by atoms with Gasteiger partial charge in [-0.25, -0.2) is 8.42 Å². The van der Waals surface area contributed by atoms with E-state index in [2.05, 4.69) is 25.0 Å². The topological polar surface area (TPSA) is 57.7 Å². The first-order valence-corrected chi connectivity index (χ1v) is 13.2.